The highest BCUT2D eigenvalue weighted by molar-refractivity contribution is 9.10. The van der Waals surface area contributed by atoms with Crippen molar-refractivity contribution in [2.45, 2.75) is 19.9 Å². The van der Waals surface area contributed by atoms with Crippen LogP contribution >= 0.6 is 15.9 Å². The zero-order chi connectivity index (χ0) is 13.1. The third kappa shape index (κ3) is 2.67. The van der Waals surface area contributed by atoms with Crippen molar-refractivity contribution in [2.24, 2.45) is 0 Å². The Balaban J connectivity index is 2.19. The van der Waals surface area contributed by atoms with Crippen LogP contribution < -0.4 is 0 Å². The maximum atomic E-state index is 13.3. The van der Waals surface area contributed by atoms with Gasteiger partial charge in [-0.2, -0.15) is 0 Å². The van der Waals surface area contributed by atoms with Gasteiger partial charge in [-0.25, -0.2) is 9.37 Å². The topological polar surface area (TPSA) is 34.9 Å². The summed E-state index contributed by atoms with van der Waals surface area (Å²) in [5.74, 6) is 0.132. The first kappa shape index (κ1) is 13.0. The molecule has 0 radical (unpaired) electrons. The SMILES string of the molecule is CCn1ccnc1CC(=O)c1ccc(Br)c(F)c1. The zero-order valence-electron chi connectivity index (χ0n) is 9.86. The van der Waals surface area contributed by atoms with Crippen molar-refractivity contribution >= 4 is 21.7 Å². The summed E-state index contributed by atoms with van der Waals surface area (Å²) in [6, 6.07) is 4.38. The molecule has 0 amide bonds. The molecule has 0 atom stereocenters. The zero-order valence-corrected chi connectivity index (χ0v) is 11.4. The molecule has 5 heteroatoms. The average molecular weight is 311 g/mol. The number of ketones is 1. The normalized spacial score (nSPS) is 10.6. The van der Waals surface area contributed by atoms with Gasteiger partial charge in [0, 0.05) is 24.5 Å². The summed E-state index contributed by atoms with van der Waals surface area (Å²) >= 11 is 3.06. The number of carbonyl (C=O) groups excluding carboxylic acids is 1. The lowest BCUT2D eigenvalue weighted by Gasteiger charge is -2.05. The third-order valence-corrected chi connectivity index (χ3v) is 3.35. The Morgan fingerprint density at radius 2 is 2.28 bits per heavy atom. The van der Waals surface area contributed by atoms with Crippen molar-refractivity contribution in [3.8, 4) is 0 Å². The molecule has 2 rings (SSSR count). The number of halogens is 2. The van der Waals surface area contributed by atoms with E-state index in [4.69, 9.17) is 0 Å². The highest BCUT2D eigenvalue weighted by Gasteiger charge is 2.12. The van der Waals surface area contributed by atoms with E-state index in [1.54, 1.807) is 12.3 Å². The van der Waals surface area contributed by atoms with Crippen LogP contribution in [-0.2, 0) is 13.0 Å². The number of benzene rings is 1. The maximum absolute atomic E-state index is 13.3. The molecule has 0 aliphatic carbocycles. The van der Waals surface area contributed by atoms with Crippen molar-refractivity contribution in [3.05, 3.63) is 52.3 Å². The molecular weight excluding hydrogens is 299 g/mol. The number of Topliss-reactive ketones (excluding diaryl/α,β-unsaturated/α-hetero) is 1. The molecule has 0 spiro atoms. The number of imidazole rings is 1. The van der Waals surface area contributed by atoms with E-state index in [0.717, 1.165) is 6.54 Å². The van der Waals surface area contributed by atoms with Crippen LogP contribution in [0.25, 0.3) is 0 Å². The van der Waals surface area contributed by atoms with Gasteiger partial charge >= 0.3 is 0 Å². The molecule has 94 valence electrons. The summed E-state index contributed by atoms with van der Waals surface area (Å²) in [7, 11) is 0. The summed E-state index contributed by atoms with van der Waals surface area (Å²) in [6.07, 6.45) is 3.67. The van der Waals surface area contributed by atoms with Gasteiger partial charge in [0.25, 0.3) is 0 Å². The first-order valence-corrected chi connectivity index (χ1v) is 6.39. The maximum Gasteiger partial charge on any atom is 0.170 e. The molecule has 0 fully saturated rings. The highest BCUT2D eigenvalue weighted by Crippen LogP contribution is 2.17. The van der Waals surface area contributed by atoms with Crippen molar-refractivity contribution in [2.75, 3.05) is 0 Å². The predicted octanol–water partition coefficient (Wildman–Crippen LogP) is 3.23. The number of aryl methyl sites for hydroxylation is 1. The quantitative estimate of drug-likeness (QED) is 0.813. The minimum Gasteiger partial charge on any atom is -0.335 e. The molecule has 1 aromatic carbocycles. The Bertz CT molecular complexity index is 580. The number of carbonyl (C=O) groups is 1. The van der Waals surface area contributed by atoms with E-state index in [0.29, 0.717) is 15.9 Å². The van der Waals surface area contributed by atoms with Crippen LogP contribution in [0.4, 0.5) is 4.39 Å². The minimum absolute atomic E-state index is 0.137. The number of hydrogen-bond donors (Lipinski definition) is 0. The Labute approximate surface area is 113 Å². The molecule has 0 aliphatic rings. The lowest BCUT2D eigenvalue weighted by molar-refractivity contribution is 0.0989. The standard InChI is InChI=1S/C13H12BrFN2O/c1-2-17-6-5-16-13(17)8-12(18)9-3-4-10(14)11(15)7-9/h3-7H,2,8H2,1H3. The van der Waals surface area contributed by atoms with Gasteiger partial charge in [0.15, 0.2) is 5.78 Å². The summed E-state index contributed by atoms with van der Waals surface area (Å²) in [4.78, 5) is 16.1. The summed E-state index contributed by atoms with van der Waals surface area (Å²) < 4.78 is 15.6. The third-order valence-electron chi connectivity index (χ3n) is 2.70. The summed E-state index contributed by atoms with van der Waals surface area (Å²) in [6.45, 7) is 2.74. The second kappa shape index (κ2) is 5.44. The fourth-order valence-corrected chi connectivity index (χ4v) is 1.96. The number of aromatic nitrogens is 2. The smallest absolute Gasteiger partial charge is 0.170 e. The van der Waals surface area contributed by atoms with Gasteiger partial charge in [-0.05, 0) is 35.0 Å². The molecule has 0 saturated carbocycles. The van der Waals surface area contributed by atoms with E-state index in [-0.39, 0.29) is 12.2 Å². The molecule has 0 unspecified atom stereocenters. The molecule has 1 heterocycles. The fourth-order valence-electron chi connectivity index (χ4n) is 1.71. The second-order valence-corrected chi connectivity index (χ2v) is 4.71. The van der Waals surface area contributed by atoms with Crippen LogP contribution in [0.3, 0.4) is 0 Å². The molecule has 2 aromatic rings. The Hall–Kier alpha value is -1.49. The van der Waals surface area contributed by atoms with Gasteiger partial charge < -0.3 is 4.57 Å². The number of hydrogen-bond acceptors (Lipinski definition) is 2. The summed E-state index contributed by atoms with van der Waals surface area (Å²) in [5, 5.41) is 0. The van der Waals surface area contributed by atoms with Crippen LogP contribution in [0.5, 0.6) is 0 Å². The first-order valence-electron chi connectivity index (χ1n) is 5.60. The number of rotatable bonds is 4. The van der Waals surface area contributed by atoms with Crippen molar-refractivity contribution in [1.29, 1.82) is 0 Å². The number of nitrogens with zero attached hydrogens (tertiary/aromatic N) is 2. The average Bonchev–Trinajstić information content (AvgIpc) is 2.79. The van der Waals surface area contributed by atoms with Crippen molar-refractivity contribution in [1.82, 2.24) is 9.55 Å². The molecular formula is C13H12BrFN2O. The Kier molecular flexibility index (Phi) is 3.91. The predicted molar refractivity (Wildman–Crippen MR) is 70.0 cm³/mol. The van der Waals surface area contributed by atoms with Gasteiger partial charge in [0.1, 0.15) is 11.6 Å². The highest BCUT2D eigenvalue weighted by atomic mass is 79.9. The van der Waals surface area contributed by atoms with Crippen LogP contribution in [0.1, 0.15) is 23.1 Å². The van der Waals surface area contributed by atoms with Gasteiger partial charge in [0.05, 0.1) is 10.9 Å². The lowest BCUT2D eigenvalue weighted by Crippen LogP contribution is -2.09. The monoisotopic (exact) mass is 310 g/mol. The van der Waals surface area contributed by atoms with Crippen molar-refractivity contribution < 1.29 is 9.18 Å². The van der Waals surface area contributed by atoms with E-state index >= 15 is 0 Å². The van der Waals surface area contributed by atoms with E-state index in [1.165, 1.54) is 12.1 Å². The van der Waals surface area contributed by atoms with Crippen LogP contribution in [-0.4, -0.2) is 15.3 Å². The van der Waals surface area contributed by atoms with E-state index in [9.17, 15) is 9.18 Å². The van der Waals surface area contributed by atoms with Crippen LogP contribution in [0.2, 0.25) is 0 Å². The van der Waals surface area contributed by atoms with Gasteiger partial charge in [0.2, 0.25) is 0 Å². The van der Waals surface area contributed by atoms with Gasteiger partial charge in [-0.3, -0.25) is 4.79 Å². The molecule has 0 aliphatic heterocycles. The Morgan fingerprint density at radius 1 is 1.50 bits per heavy atom. The Morgan fingerprint density at radius 3 is 2.94 bits per heavy atom. The first-order chi connectivity index (χ1) is 8.61. The lowest BCUT2D eigenvalue weighted by atomic mass is 10.1. The molecule has 0 saturated heterocycles. The molecule has 0 bridgehead atoms. The summed E-state index contributed by atoms with van der Waals surface area (Å²) in [5.41, 5.74) is 0.362. The van der Waals surface area contributed by atoms with E-state index in [2.05, 4.69) is 20.9 Å². The van der Waals surface area contributed by atoms with E-state index in [1.807, 2.05) is 17.7 Å². The minimum atomic E-state index is -0.431. The van der Waals surface area contributed by atoms with E-state index < -0.39 is 5.82 Å². The molecule has 3 nitrogen and oxygen atoms in total. The van der Waals surface area contributed by atoms with Crippen LogP contribution in [0.15, 0.2) is 35.1 Å². The fraction of sp³-hybridized carbons (Fsp3) is 0.231. The molecule has 1 aromatic heterocycles. The van der Waals surface area contributed by atoms with Gasteiger partial charge in [-0.1, -0.05) is 6.07 Å². The van der Waals surface area contributed by atoms with Crippen LogP contribution in [0, 0.1) is 5.82 Å². The largest absolute Gasteiger partial charge is 0.335 e. The molecule has 0 N–H and O–H groups in total. The van der Waals surface area contributed by atoms with Crippen molar-refractivity contribution in [3.63, 3.8) is 0 Å². The molecule has 18 heavy (non-hydrogen) atoms. The second-order valence-electron chi connectivity index (χ2n) is 3.86. The van der Waals surface area contributed by atoms with Gasteiger partial charge in [-0.15, -0.1) is 0 Å².